The summed E-state index contributed by atoms with van der Waals surface area (Å²) in [6.45, 7) is 2.14. The summed E-state index contributed by atoms with van der Waals surface area (Å²) in [6, 6.07) is 9.30. The molecule has 1 aliphatic carbocycles. The number of hydrogen-bond acceptors (Lipinski definition) is 3. The summed E-state index contributed by atoms with van der Waals surface area (Å²) in [7, 11) is 0. The van der Waals surface area contributed by atoms with Crippen molar-refractivity contribution in [2.45, 2.75) is 43.6 Å². The fourth-order valence-electron chi connectivity index (χ4n) is 3.88. The Kier molecular flexibility index (Phi) is 2.47. The molecule has 3 heteroatoms. The number of nitrogens with two attached hydrogens (primary N) is 1. The molecule has 0 aromatic heterocycles. The second-order valence-corrected chi connectivity index (χ2v) is 5.91. The van der Waals surface area contributed by atoms with E-state index in [1.807, 2.05) is 0 Å². The highest BCUT2D eigenvalue weighted by Gasteiger charge is 2.41. The molecule has 2 N–H and O–H groups in total. The molecule has 2 heterocycles. The fraction of sp³-hybridized carbons (Fsp3) is 0.600. The van der Waals surface area contributed by atoms with E-state index in [4.69, 9.17) is 10.5 Å². The number of likely N-dealkylation sites (tertiary alicyclic amines) is 1. The van der Waals surface area contributed by atoms with E-state index in [1.54, 1.807) is 0 Å². The number of fused-ring (bicyclic) bond motifs is 3. The minimum absolute atomic E-state index is 0.179. The van der Waals surface area contributed by atoms with E-state index >= 15 is 0 Å². The summed E-state index contributed by atoms with van der Waals surface area (Å²) in [6.07, 6.45) is 4.49. The van der Waals surface area contributed by atoms with Gasteiger partial charge in [0.15, 0.2) is 0 Å². The first kappa shape index (κ1) is 11.0. The summed E-state index contributed by atoms with van der Waals surface area (Å²) in [5, 5.41) is 0. The SMILES string of the molecule is NC1c2ccccc2CC1N1CC2CCC(C1)O2. The summed E-state index contributed by atoms with van der Waals surface area (Å²) in [5.41, 5.74) is 9.24. The highest BCUT2D eigenvalue weighted by Crippen LogP contribution is 2.36. The number of nitrogens with zero attached hydrogens (tertiary/aromatic N) is 1. The second kappa shape index (κ2) is 4.05. The highest BCUT2D eigenvalue weighted by molar-refractivity contribution is 5.37. The second-order valence-electron chi connectivity index (χ2n) is 5.91. The minimum atomic E-state index is 0.179. The summed E-state index contributed by atoms with van der Waals surface area (Å²) < 4.78 is 5.92. The van der Waals surface area contributed by atoms with Crippen molar-refractivity contribution < 1.29 is 4.74 Å². The minimum Gasteiger partial charge on any atom is -0.372 e. The smallest absolute Gasteiger partial charge is 0.0707 e. The van der Waals surface area contributed by atoms with Crippen LogP contribution in [0.3, 0.4) is 0 Å². The number of benzene rings is 1. The van der Waals surface area contributed by atoms with Gasteiger partial charge in [-0.15, -0.1) is 0 Å². The van der Waals surface area contributed by atoms with Crippen LogP contribution < -0.4 is 5.73 Å². The van der Waals surface area contributed by atoms with E-state index < -0.39 is 0 Å². The molecule has 2 aliphatic heterocycles. The molecule has 4 unspecified atom stereocenters. The summed E-state index contributed by atoms with van der Waals surface area (Å²) in [5.74, 6) is 0. The Labute approximate surface area is 108 Å². The first-order chi connectivity index (χ1) is 8.81. The molecule has 4 atom stereocenters. The molecule has 4 rings (SSSR count). The fourth-order valence-corrected chi connectivity index (χ4v) is 3.88. The normalized spacial score (nSPS) is 38.9. The number of ether oxygens (including phenoxy) is 1. The van der Waals surface area contributed by atoms with Crippen molar-refractivity contribution in [1.29, 1.82) is 0 Å². The third-order valence-electron chi connectivity index (χ3n) is 4.80. The molecule has 1 aromatic carbocycles. The average Bonchev–Trinajstić information content (AvgIpc) is 2.91. The molecule has 3 aliphatic rings. The van der Waals surface area contributed by atoms with Crippen LogP contribution in [0.2, 0.25) is 0 Å². The lowest BCUT2D eigenvalue weighted by Gasteiger charge is -2.38. The molecule has 0 amide bonds. The maximum Gasteiger partial charge on any atom is 0.0707 e. The van der Waals surface area contributed by atoms with Gasteiger partial charge in [0.05, 0.1) is 12.2 Å². The van der Waals surface area contributed by atoms with Gasteiger partial charge in [0.2, 0.25) is 0 Å². The Morgan fingerprint density at radius 3 is 2.56 bits per heavy atom. The zero-order valence-electron chi connectivity index (χ0n) is 10.6. The monoisotopic (exact) mass is 244 g/mol. The Bertz CT molecular complexity index is 450. The number of morpholine rings is 1. The van der Waals surface area contributed by atoms with E-state index in [1.165, 1.54) is 24.0 Å². The van der Waals surface area contributed by atoms with E-state index in [0.29, 0.717) is 18.2 Å². The van der Waals surface area contributed by atoms with Crippen molar-refractivity contribution >= 4 is 0 Å². The van der Waals surface area contributed by atoms with E-state index in [9.17, 15) is 0 Å². The topological polar surface area (TPSA) is 38.5 Å². The Hall–Kier alpha value is -0.900. The molecule has 0 spiro atoms. The van der Waals surface area contributed by atoms with Crippen LogP contribution >= 0.6 is 0 Å². The maximum absolute atomic E-state index is 6.45. The van der Waals surface area contributed by atoms with Gasteiger partial charge in [-0.1, -0.05) is 24.3 Å². The first-order valence-electron chi connectivity index (χ1n) is 7.04. The van der Waals surface area contributed by atoms with Gasteiger partial charge in [0, 0.05) is 25.2 Å². The van der Waals surface area contributed by atoms with E-state index in [2.05, 4.69) is 29.2 Å². The predicted octanol–water partition coefficient (Wildman–Crippen LogP) is 1.47. The van der Waals surface area contributed by atoms with Crippen LogP contribution in [0.4, 0.5) is 0 Å². The van der Waals surface area contributed by atoms with Crippen LogP contribution in [0.25, 0.3) is 0 Å². The van der Waals surface area contributed by atoms with Gasteiger partial charge in [-0.2, -0.15) is 0 Å². The largest absolute Gasteiger partial charge is 0.372 e. The van der Waals surface area contributed by atoms with Crippen LogP contribution in [0, 0.1) is 0 Å². The molecule has 96 valence electrons. The lowest BCUT2D eigenvalue weighted by atomic mass is 10.1. The van der Waals surface area contributed by atoms with Crippen molar-refractivity contribution in [3.63, 3.8) is 0 Å². The van der Waals surface area contributed by atoms with Gasteiger partial charge in [-0.3, -0.25) is 4.90 Å². The Morgan fingerprint density at radius 1 is 1.11 bits per heavy atom. The first-order valence-corrected chi connectivity index (χ1v) is 7.04. The van der Waals surface area contributed by atoms with Gasteiger partial charge in [0.1, 0.15) is 0 Å². The predicted molar refractivity (Wildman–Crippen MR) is 70.3 cm³/mol. The van der Waals surface area contributed by atoms with Crippen LogP contribution in [0.5, 0.6) is 0 Å². The van der Waals surface area contributed by atoms with Crippen molar-refractivity contribution in [2.24, 2.45) is 5.73 Å². The molecule has 3 nitrogen and oxygen atoms in total. The van der Waals surface area contributed by atoms with Gasteiger partial charge >= 0.3 is 0 Å². The van der Waals surface area contributed by atoms with Crippen molar-refractivity contribution in [1.82, 2.24) is 4.90 Å². The number of hydrogen-bond donors (Lipinski definition) is 1. The van der Waals surface area contributed by atoms with Crippen LogP contribution in [0.15, 0.2) is 24.3 Å². The molecular weight excluding hydrogens is 224 g/mol. The van der Waals surface area contributed by atoms with Gasteiger partial charge < -0.3 is 10.5 Å². The summed E-state index contributed by atoms with van der Waals surface area (Å²) >= 11 is 0. The molecule has 2 saturated heterocycles. The molecule has 0 saturated carbocycles. The van der Waals surface area contributed by atoms with E-state index in [-0.39, 0.29) is 6.04 Å². The Morgan fingerprint density at radius 2 is 1.83 bits per heavy atom. The van der Waals surface area contributed by atoms with Crippen LogP contribution in [-0.4, -0.2) is 36.2 Å². The average molecular weight is 244 g/mol. The zero-order chi connectivity index (χ0) is 12.1. The molecule has 2 fully saturated rings. The molecule has 0 radical (unpaired) electrons. The third-order valence-corrected chi connectivity index (χ3v) is 4.80. The van der Waals surface area contributed by atoms with Crippen molar-refractivity contribution in [3.8, 4) is 0 Å². The highest BCUT2D eigenvalue weighted by atomic mass is 16.5. The quantitative estimate of drug-likeness (QED) is 0.813. The van der Waals surface area contributed by atoms with Crippen molar-refractivity contribution in [3.05, 3.63) is 35.4 Å². The number of rotatable bonds is 1. The maximum atomic E-state index is 6.45. The van der Waals surface area contributed by atoms with E-state index in [0.717, 1.165) is 19.5 Å². The van der Waals surface area contributed by atoms with Gasteiger partial charge in [-0.25, -0.2) is 0 Å². The van der Waals surface area contributed by atoms with Gasteiger partial charge in [0.25, 0.3) is 0 Å². The third kappa shape index (κ3) is 1.62. The van der Waals surface area contributed by atoms with Crippen LogP contribution in [0.1, 0.15) is 30.0 Å². The lowest BCUT2D eigenvalue weighted by Crippen LogP contribution is -2.50. The van der Waals surface area contributed by atoms with Gasteiger partial charge in [-0.05, 0) is 30.4 Å². The standard InChI is InChI=1S/C15H20N2O/c16-15-13-4-2-1-3-10(13)7-14(15)17-8-11-5-6-12(9-17)18-11/h1-4,11-12,14-15H,5-9,16H2. The lowest BCUT2D eigenvalue weighted by molar-refractivity contribution is -0.0545. The van der Waals surface area contributed by atoms with Crippen LogP contribution in [-0.2, 0) is 11.2 Å². The molecular formula is C15H20N2O. The summed E-state index contributed by atoms with van der Waals surface area (Å²) in [4.78, 5) is 2.58. The van der Waals surface area contributed by atoms with Crippen molar-refractivity contribution in [2.75, 3.05) is 13.1 Å². The molecule has 2 bridgehead atoms. The molecule has 18 heavy (non-hydrogen) atoms. The Balaban J connectivity index is 1.57. The molecule has 1 aromatic rings. The zero-order valence-corrected chi connectivity index (χ0v) is 10.6.